The van der Waals surface area contributed by atoms with Crippen molar-refractivity contribution in [3.05, 3.63) is 59.8 Å². The second-order valence-corrected chi connectivity index (χ2v) is 18.6. The van der Waals surface area contributed by atoms with E-state index in [2.05, 4.69) is 41.2 Å². The minimum absolute atomic E-state index is 0.213. The number of methoxy groups -OCH3 is 2. The highest BCUT2D eigenvalue weighted by Gasteiger charge is 2.45. The van der Waals surface area contributed by atoms with Gasteiger partial charge in [-0.2, -0.15) is 5.10 Å². The maximum Gasteiger partial charge on any atom is 0.168 e. The summed E-state index contributed by atoms with van der Waals surface area (Å²) in [5.41, 5.74) is 4.84. The van der Waals surface area contributed by atoms with Crippen LogP contribution in [-0.2, 0) is 27.5 Å². The highest BCUT2D eigenvalue weighted by atomic mass is 35.5. The molecule has 1 aliphatic rings. The van der Waals surface area contributed by atoms with Gasteiger partial charge in [-0.3, -0.25) is 9.67 Å². The van der Waals surface area contributed by atoms with E-state index in [0.717, 1.165) is 41.8 Å². The van der Waals surface area contributed by atoms with E-state index in [0.29, 0.717) is 45.9 Å². The fourth-order valence-corrected chi connectivity index (χ4v) is 6.30. The van der Waals surface area contributed by atoms with E-state index >= 15 is 0 Å². The summed E-state index contributed by atoms with van der Waals surface area (Å²) in [6.07, 6.45) is 7.20. The number of hydrogen-bond acceptors (Lipinski definition) is 8. The van der Waals surface area contributed by atoms with Crippen molar-refractivity contribution in [1.82, 2.24) is 29.3 Å². The summed E-state index contributed by atoms with van der Waals surface area (Å²) in [6, 6.07) is 9.51. The molecule has 1 unspecified atom stereocenters. The Morgan fingerprint density at radius 1 is 1.05 bits per heavy atom. The van der Waals surface area contributed by atoms with Crippen molar-refractivity contribution < 1.29 is 18.9 Å². The van der Waals surface area contributed by atoms with Gasteiger partial charge in [-0.15, -0.1) is 0 Å². The first-order valence-electron chi connectivity index (χ1n) is 14.8. The molecule has 44 heavy (non-hydrogen) atoms. The molecule has 0 aliphatic heterocycles. The van der Waals surface area contributed by atoms with Crippen LogP contribution in [-0.4, -0.2) is 63.1 Å². The summed E-state index contributed by atoms with van der Waals surface area (Å²) in [7, 11) is 1.95. The molecule has 6 rings (SSSR count). The van der Waals surface area contributed by atoms with E-state index in [9.17, 15) is 0 Å². The summed E-state index contributed by atoms with van der Waals surface area (Å²) < 4.78 is 27.6. The molecule has 0 spiro atoms. The monoisotopic (exact) mass is 634 g/mol. The Labute approximate surface area is 263 Å². The van der Waals surface area contributed by atoms with Crippen molar-refractivity contribution >= 4 is 41.7 Å². The van der Waals surface area contributed by atoms with Gasteiger partial charge in [-0.05, 0) is 44.0 Å². The third-order valence-corrected chi connectivity index (χ3v) is 11.7. The quantitative estimate of drug-likeness (QED) is 0.111. The summed E-state index contributed by atoms with van der Waals surface area (Å²) in [5.74, 6) is 2.00. The van der Waals surface area contributed by atoms with Crippen LogP contribution in [0.15, 0.2) is 48.9 Å². The zero-order valence-electron chi connectivity index (χ0n) is 26.3. The van der Waals surface area contributed by atoms with Crippen molar-refractivity contribution in [2.75, 3.05) is 14.2 Å². The van der Waals surface area contributed by atoms with Crippen LogP contribution in [0.3, 0.4) is 0 Å². The predicted molar refractivity (Wildman–Crippen MR) is 174 cm³/mol. The van der Waals surface area contributed by atoms with Crippen molar-refractivity contribution in [3.8, 4) is 22.8 Å². The van der Waals surface area contributed by atoms with Gasteiger partial charge in [0.05, 0.1) is 42.7 Å². The third-order valence-electron chi connectivity index (χ3n) is 8.75. The largest absolute Gasteiger partial charge is 0.456 e. The van der Waals surface area contributed by atoms with E-state index < -0.39 is 13.9 Å². The number of ether oxygens (including phenoxy) is 4. The van der Waals surface area contributed by atoms with Gasteiger partial charge in [0.2, 0.25) is 0 Å². The van der Waals surface area contributed by atoms with E-state index in [-0.39, 0.29) is 5.73 Å². The lowest BCUT2D eigenvalue weighted by molar-refractivity contribution is -0.271. The number of aryl methyl sites for hydroxylation is 1. The molecule has 1 fully saturated rings. The van der Waals surface area contributed by atoms with Crippen molar-refractivity contribution in [3.63, 3.8) is 0 Å². The molecule has 0 N–H and O–H groups in total. The number of fused-ring (bicyclic) bond motifs is 2. The van der Waals surface area contributed by atoms with Crippen molar-refractivity contribution in [2.45, 2.75) is 71.1 Å². The number of hydrogen-bond donors (Lipinski definition) is 0. The Hall–Kier alpha value is -3.35. The minimum Gasteiger partial charge on any atom is -0.456 e. The van der Waals surface area contributed by atoms with Crippen molar-refractivity contribution in [1.29, 1.82) is 0 Å². The Morgan fingerprint density at radius 3 is 2.52 bits per heavy atom. The molecule has 0 bridgehead atoms. The number of imidazole rings is 1. The first kappa shape index (κ1) is 30.7. The topological polar surface area (TPSA) is 98.3 Å². The number of halogens is 1. The molecule has 1 atom stereocenters. The summed E-state index contributed by atoms with van der Waals surface area (Å²) in [5, 5.41) is 4.95. The molecule has 0 saturated heterocycles. The third kappa shape index (κ3) is 5.99. The van der Waals surface area contributed by atoms with Gasteiger partial charge >= 0.3 is 0 Å². The van der Waals surface area contributed by atoms with Crippen LogP contribution >= 0.6 is 11.6 Å². The van der Waals surface area contributed by atoms with Gasteiger partial charge in [0.1, 0.15) is 34.6 Å². The van der Waals surface area contributed by atoms with Gasteiger partial charge in [-0.1, -0.05) is 31.2 Å². The lowest BCUT2D eigenvalue weighted by Crippen LogP contribution is -2.48. The van der Waals surface area contributed by atoms with Gasteiger partial charge in [0, 0.05) is 57.2 Å². The smallest absolute Gasteiger partial charge is 0.168 e. The SMILES string of the molecule is COC1(OC)CC(Cn2cc(-c3cnc4ccc(Oc5ccc6nc(C)n(COC(C)[Si](C)(C)C)c6c5)c(Cl)c4n3)cn2)C1. The molecule has 10 nitrogen and oxygen atoms in total. The zero-order valence-corrected chi connectivity index (χ0v) is 28.1. The predicted octanol–water partition coefficient (Wildman–Crippen LogP) is 7.24. The van der Waals surface area contributed by atoms with E-state index in [1.54, 1.807) is 26.6 Å². The molecular weight excluding hydrogens is 596 g/mol. The maximum atomic E-state index is 6.88. The fraction of sp³-hybridized carbons (Fsp3) is 0.438. The van der Waals surface area contributed by atoms with Gasteiger partial charge in [0.25, 0.3) is 0 Å². The molecule has 1 aliphatic carbocycles. The maximum absolute atomic E-state index is 6.88. The Bertz CT molecular complexity index is 1800. The first-order valence-corrected chi connectivity index (χ1v) is 18.8. The van der Waals surface area contributed by atoms with Gasteiger partial charge in [-0.25, -0.2) is 9.97 Å². The van der Waals surface area contributed by atoms with Crippen LogP contribution in [0.2, 0.25) is 24.7 Å². The molecule has 5 aromatic rings. The first-order chi connectivity index (χ1) is 21.0. The van der Waals surface area contributed by atoms with Crippen molar-refractivity contribution in [2.24, 2.45) is 5.92 Å². The standard InChI is InChI=1S/C32H39ClN6O4Si/c1-20-36-25-9-8-24(12-28(25)39(20)19-42-21(2)44(5,6)7)43-29-11-10-26-31(30(29)33)37-27(16-34-26)23-15-35-38(18-23)17-22-13-32(14-22,40-3)41-4/h8-12,15-16,18,21-22H,13-14,17,19H2,1-7H3. The van der Waals surface area contributed by atoms with Crippen LogP contribution in [0.1, 0.15) is 25.6 Å². The second-order valence-electron chi connectivity index (χ2n) is 12.7. The molecule has 1 saturated carbocycles. The number of aromatic nitrogens is 6. The fourth-order valence-electron chi connectivity index (χ4n) is 5.48. The average Bonchev–Trinajstić information content (AvgIpc) is 3.57. The normalized spacial score (nSPS) is 16.0. The highest BCUT2D eigenvalue weighted by molar-refractivity contribution is 6.77. The van der Waals surface area contributed by atoms with Crippen LogP contribution in [0.25, 0.3) is 33.3 Å². The Morgan fingerprint density at radius 2 is 1.80 bits per heavy atom. The number of nitrogens with zero attached hydrogens (tertiary/aromatic N) is 6. The summed E-state index contributed by atoms with van der Waals surface area (Å²) >= 11 is 6.88. The summed E-state index contributed by atoms with van der Waals surface area (Å²) in [6.45, 7) is 12.3. The molecule has 232 valence electrons. The van der Waals surface area contributed by atoms with E-state index in [1.165, 1.54) is 0 Å². The van der Waals surface area contributed by atoms with Crippen LogP contribution < -0.4 is 4.74 Å². The lowest BCUT2D eigenvalue weighted by atomic mass is 9.78. The van der Waals surface area contributed by atoms with Gasteiger partial charge in [0.15, 0.2) is 5.79 Å². The number of rotatable bonds is 11. The molecule has 2 aromatic carbocycles. The molecular formula is C32H39ClN6O4Si. The zero-order chi connectivity index (χ0) is 31.2. The Kier molecular flexibility index (Phi) is 8.27. The van der Waals surface area contributed by atoms with Crippen LogP contribution in [0.5, 0.6) is 11.5 Å². The second kappa shape index (κ2) is 11.9. The van der Waals surface area contributed by atoms with Crippen LogP contribution in [0.4, 0.5) is 0 Å². The molecule has 3 heterocycles. The highest BCUT2D eigenvalue weighted by Crippen LogP contribution is 2.42. The molecule has 0 radical (unpaired) electrons. The van der Waals surface area contributed by atoms with Gasteiger partial charge < -0.3 is 23.5 Å². The molecule has 12 heteroatoms. The lowest BCUT2D eigenvalue weighted by Gasteiger charge is -2.45. The Balaban J connectivity index is 1.21. The minimum atomic E-state index is -1.43. The average molecular weight is 635 g/mol. The number of benzene rings is 2. The summed E-state index contributed by atoms with van der Waals surface area (Å²) in [4.78, 5) is 14.2. The molecule has 0 amide bonds. The van der Waals surface area contributed by atoms with E-state index in [4.69, 9.17) is 40.5 Å². The molecule has 3 aromatic heterocycles. The van der Waals surface area contributed by atoms with Crippen LogP contribution in [0, 0.1) is 12.8 Å². The van der Waals surface area contributed by atoms with E-state index in [1.807, 2.05) is 48.1 Å².